The Hall–Kier alpha value is -0.120. The summed E-state index contributed by atoms with van der Waals surface area (Å²) >= 11 is 0. The Labute approximate surface area is 107 Å². The molecule has 0 amide bonds. The lowest BCUT2D eigenvalue weighted by molar-refractivity contribution is -0.0507. The predicted molar refractivity (Wildman–Crippen MR) is 73.4 cm³/mol. The van der Waals surface area contributed by atoms with Gasteiger partial charge in [0.15, 0.2) is 0 Å². The molecule has 0 aromatic carbocycles. The molecule has 1 saturated heterocycles. The van der Waals surface area contributed by atoms with E-state index in [0.717, 1.165) is 25.6 Å². The van der Waals surface area contributed by atoms with Gasteiger partial charge in [0.05, 0.1) is 5.60 Å². The lowest BCUT2D eigenvalue weighted by Gasteiger charge is -2.39. The number of hydrogen-bond donors (Lipinski definition) is 1. The highest BCUT2D eigenvalue weighted by molar-refractivity contribution is 4.84. The Balaban J connectivity index is 2.11. The van der Waals surface area contributed by atoms with Crippen molar-refractivity contribution in [3.05, 3.63) is 0 Å². The van der Waals surface area contributed by atoms with E-state index in [4.69, 9.17) is 4.74 Å². The molecule has 0 saturated carbocycles. The zero-order chi connectivity index (χ0) is 12.7. The summed E-state index contributed by atoms with van der Waals surface area (Å²) in [6, 6.07) is 0. The number of nitrogens with zero attached hydrogens (tertiary/aromatic N) is 1. The van der Waals surface area contributed by atoms with Gasteiger partial charge in [-0.1, -0.05) is 13.8 Å². The number of likely N-dealkylation sites (tertiary alicyclic amines) is 1. The topological polar surface area (TPSA) is 24.5 Å². The Morgan fingerprint density at radius 1 is 1.41 bits per heavy atom. The molecule has 3 nitrogen and oxygen atoms in total. The summed E-state index contributed by atoms with van der Waals surface area (Å²) < 4.78 is 5.61. The highest BCUT2D eigenvalue weighted by atomic mass is 16.5. The number of rotatable bonds is 7. The zero-order valence-corrected chi connectivity index (χ0v) is 12.1. The Morgan fingerprint density at radius 2 is 2.18 bits per heavy atom. The average molecular weight is 242 g/mol. The summed E-state index contributed by atoms with van der Waals surface area (Å²) in [4.78, 5) is 2.55. The molecular formula is C14H30N2O. The Bertz CT molecular complexity index is 208. The quantitative estimate of drug-likeness (QED) is 0.692. The molecule has 0 spiro atoms. The molecule has 1 unspecified atom stereocenters. The number of nitrogens with one attached hydrogen (secondary N) is 1. The lowest BCUT2D eigenvalue weighted by atomic mass is 9.95. The van der Waals surface area contributed by atoms with E-state index in [1.807, 2.05) is 7.11 Å². The van der Waals surface area contributed by atoms with Crippen molar-refractivity contribution in [1.29, 1.82) is 0 Å². The summed E-state index contributed by atoms with van der Waals surface area (Å²) in [7, 11) is 1.84. The molecule has 0 aromatic rings. The average Bonchev–Trinajstić information content (AvgIpc) is 2.28. The van der Waals surface area contributed by atoms with Crippen LogP contribution in [-0.4, -0.2) is 50.3 Å². The molecule has 1 heterocycles. The van der Waals surface area contributed by atoms with Crippen LogP contribution in [0.15, 0.2) is 0 Å². The number of piperidine rings is 1. The fourth-order valence-electron chi connectivity index (χ4n) is 2.48. The summed E-state index contributed by atoms with van der Waals surface area (Å²) in [5.74, 6) is 0.752. The minimum atomic E-state index is 0.0869. The predicted octanol–water partition coefficient (Wildman–Crippen LogP) is 2.12. The fraction of sp³-hybridized carbons (Fsp3) is 1.00. The van der Waals surface area contributed by atoms with Gasteiger partial charge in [-0.05, 0) is 58.3 Å². The maximum atomic E-state index is 5.61. The minimum Gasteiger partial charge on any atom is -0.377 e. The first kappa shape index (κ1) is 14.9. The largest absolute Gasteiger partial charge is 0.377 e. The molecule has 1 N–H and O–H groups in total. The summed E-state index contributed by atoms with van der Waals surface area (Å²) in [6.45, 7) is 12.5. The van der Waals surface area contributed by atoms with Crippen molar-refractivity contribution in [2.75, 3.05) is 39.8 Å². The molecule has 1 atom stereocenters. The SMILES string of the molecule is COC1(C)CCCN(CCCNCC(C)C)C1. The minimum absolute atomic E-state index is 0.0869. The van der Waals surface area contributed by atoms with E-state index < -0.39 is 0 Å². The second-order valence-electron chi connectivity index (χ2n) is 5.99. The van der Waals surface area contributed by atoms with Crippen molar-refractivity contribution in [2.45, 2.75) is 45.6 Å². The third-order valence-electron chi connectivity index (χ3n) is 3.61. The standard InChI is InChI=1S/C14H30N2O/c1-13(2)11-15-8-6-10-16-9-5-7-14(3,12-16)17-4/h13,15H,5-12H2,1-4H3. The van der Waals surface area contributed by atoms with Gasteiger partial charge in [-0.25, -0.2) is 0 Å². The van der Waals surface area contributed by atoms with Crippen LogP contribution in [0.4, 0.5) is 0 Å². The van der Waals surface area contributed by atoms with Gasteiger partial charge in [0.2, 0.25) is 0 Å². The molecule has 3 heteroatoms. The first-order valence-corrected chi connectivity index (χ1v) is 7.04. The summed E-state index contributed by atoms with van der Waals surface area (Å²) in [6.07, 6.45) is 3.71. The van der Waals surface area contributed by atoms with E-state index in [1.54, 1.807) is 0 Å². The second kappa shape index (κ2) is 7.34. The van der Waals surface area contributed by atoms with Crippen LogP contribution >= 0.6 is 0 Å². The molecule has 0 radical (unpaired) electrons. The first-order chi connectivity index (χ1) is 8.06. The van der Waals surface area contributed by atoms with Gasteiger partial charge in [-0.3, -0.25) is 0 Å². The maximum Gasteiger partial charge on any atom is 0.0777 e. The van der Waals surface area contributed by atoms with Crippen molar-refractivity contribution < 1.29 is 4.74 Å². The van der Waals surface area contributed by atoms with Gasteiger partial charge in [0, 0.05) is 13.7 Å². The summed E-state index contributed by atoms with van der Waals surface area (Å²) in [5.41, 5.74) is 0.0869. The molecule has 1 rings (SSSR count). The van der Waals surface area contributed by atoms with Gasteiger partial charge >= 0.3 is 0 Å². The highest BCUT2D eigenvalue weighted by Crippen LogP contribution is 2.23. The molecule has 1 fully saturated rings. The number of hydrogen-bond acceptors (Lipinski definition) is 3. The van der Waals surface area contributed by atoms with Crippen LogP contribution in [0.1, 0.15) is 40.0 Å². The number of methoxy groups -OCH3 is 1. The van der Waals surface area contributed by atoms with Crippen molar-refractivity contribution in [3.8, 4) is 0 Å². The molecular weight excluding hydrogens is 212 g/mol. The summed E-state index contributed by atoms with van der Waals surface area (Å²) in [5, 5.41) is 3.50. The van der Waals surface area contributed by atoms with Gasteiger partial charge < -0.3 is 15.0 Å². The van der Waals surface area contributed by atoms with Gasteiger partial charge in [-0.2, -0.15) is 0 Å². The molecule has 0 bridgehead atoms. The molecule has 17 heavy (non-hydrogen) atoms. The van der Waals surface area contributed by atoms with Crippen molar-refractivity contribution in [3.63, 3.8) is 0 Å². The molecule has 0 aliphatic carbocycles. The smallest absolute Gasteiger partial charge is 0.0777 e. The van der Waals surface area contributed by atoms with Crippen molar-refractivity contribution in [1.82, 2.24) is 10.2 Å². The van der Waals surface area contributed by atoms with E-state index in [-0.39, 0.29) is 5.60 Å². The third kappa shape index (κ3) is 5.84. The number of ether oxygens (including phenoxy) is 1. The van der Waals surface area contributed by atoms with Crippen LogP contribution in [0.25, 0.3) is 0 Å². The molecule has 1 aliphatic rings. The normalized spacial score (nSPS) is 26.6. The van der Waals surface area contributed by atoms with Crippen LogP contribution < -0.4 is 5.32 Å². The third-order valence-corrected chi connectivity index (χ3v) is 3.61. The van der Waals surface area contributed by atoms with Crippen LogP contribution in [0.5, 0.6) is 0 Å². The van der Waals surface area contributed by atoms with Crippen LogP contribution in [0.2, 0.25) is 0 Å². The Morgan fingerprint density at radius 3 is 2.82 bits per heavy atom. The van der Waals surface area contributed by atoms with Gasteiger partial charge in [-0.15, -0.1) is 0 Å². The second-order valence-corrected chi connectivity index (χ2v) is 5.99. The maximum absolute atomic E-state index is 5.61. The van der Waals surface area contributed by atoms with Crippen LogP contribution in [0, 0.1) is 5.92 Å². The van der Waals surface area contributed by atoms with Gasteiger partial charge in [0.25, 0.3) is 0 Å². The van der Waals surface area contributed by atoms with E-state index in [2.05, 4.69) is 31.0 Å². The lowest BCUT2D eigenvalue weighted by Crippen LogP contribution is -2.47. The fourth-order valence-corrected chi connectivity index (χ4v) is 2.48. The molecule has 102 valence electrons. The van der Waals surface area contributed by atoms with Gasteiger partial charge in [0.1, 0.15) is 0 Å². The van der Waals surface area contributed by atoms with E-state index in [0.29, 0.717) is 0 Å². The zero-order valence-electron chi connectivity index (χ0n) is 12.1. The van der Waals surface area contributed by atoms with E-state index >= 15 is 0 Å². The van der Waals surface area contributed by atoms with Crippen molar-refractivity contribution >= 4 is 0 Å². The van der Waals surface area contributed by atoms with E-state index in [9.17, 15) is 0 Å². The Kier molecular flexibility index (Phi) is 6.45. The molecule has 1 aliphatic heterocycles. The van der Waals surface area contributed by atoms with Crippen LogP contribution in [-0.2, 0) is 4.74 Å². The van der Waals surface area contributed by atoms with E-state index in [1.165, 1.54) is 32.4 Å². The highest BCUT2D eigenvalue weighted by Gasteiger charge is 2.30. The monoisotopic (exact) mass is 242 g/mol. The van der Waals surface area contributed by atoms with Crippen LogP contribution in [0.3, 0.4) is 0 Å². The first-order valence-electron chi connectivity index (χ1n) is 7.04. The van der Waals surface area contributed by atoms with Crippen molar-refractivity contribution in [2.24, 2.45) is 5.92 Å². The molecule has 0 aromatic heterocycles.